The van der Waals surface area contributed by atoms with E-state index in [1.807, 2.05) is 0 Å². The summed E-state index contributed by atoms with van der Waals surface area (Å²) in [5, 5.41) is 0.870. The lowest BCUT2D eigenvalue weighted by molar-refractivity contribution is 0.293. The van der Waals surface area contributed by atoms with Crippen LogP contribution >= 0.6 is 23.2 Å². The average Bonchev–Trinajstić information content (AvgIpc) is 2.40. The van der Waals surface area contributed by atoms with Gasteiger partial charge in [-0.15, -0.1) is 0 Å². The molecule has 0 bridgehead atoms. The summed E-state index contributed by atoms with van der Waals surface area (Å²) in [6.07, 6.45) is 0. The average molecular weight is 315 g/mol. The van der Waals surface area contributed by atoms with Gasteiger partial charge < -0.3 is 4.74 Å². The molecule has 0 aliphatic heterocycles. The van der Waals surface area contributed by atoms with E-state index in [1.54, 1.807) is 25.2 Å². The normalized spacial score (nSPS) is 10.6. The number of ether oxygens (including phenoxy) is 1. The standard InChI is InChI=1S/C13H12Cl2N2O3/c1-16-9(6-12(18)17(2)13(16)19)7-20-11-4-3-8(14)5-10(11)15/h3-6H,7H2,1-2H3. The van der Waals surface area contributed by atoms with Gasteiger partial charge in [0, 0.05) is 25.2 Å². The largest absolute Gasteiger partial charge is 0.486 e. The van der Waals surface area contributed by atoms with Crippen LogP contribution in [0.15, 0.2) is 33.9 Å². The van der Waals surface area contributed by atoms with Crippen molar-refractivity contribution in [2.75, 3.05) is 0 Å². The molecule has 106 valence electrons. The maximum atomic E-state index is 11.8. The molecule has 2 rings (SSSR count). The first-order chi connectivity index (χ1) is 9.40. The number of rotatable bonds is 3. The lowest BCUT2D eigenvalue weighted by Gasteiger charge is -2.11. The predicted molar refractivity (Wildman–Crippen MR) is 77.7 cm³/mol. The maximum absolute atomic E-state index is 11.8. The monoisotopic (exact) mass is 314 g/mol. The van der Waals surface area contributed by atoms with Crippen molar-refractivity contribution in [1.82, 2.24) is 9.13 Å². The highest BCUT2D eigenvalue weighted by molar-refractivity contribution is 6.35. The van der Waals surface area contributed by atoms with E-state index in [1.165, 1.54) is 17.7 Å². The Labute approximate surface area is 124 Å². The summed E-state index contributed by atoms with van der Waals surface area (Å²) in [7, 11) is 3.00. The van der Waals surface area contributed by atoms with Crippen LogP contribution < -0.4 is 16.0 Å². The van der Waals surface area contributed by atoms with Crippen molar-refractivity contribution in [2.45, 2.75) is 6.61 Å². The molecular weight excluding hydrogens is 303 g/mol. The molecule has 0 amide bonds. The van der Waals surface area contributed by atoms with E-state index in [-0.39, 0.29) is 12.2 Å². The first-order valence-electron chi connectivity index (χ1n) is 5.74. The quantitative estimate of drug-likeness (QED) is 0.870. The molecule has 7 heteroatoms. The molecule has 0 N–H and O–H groups in total. The van der Waals surface area contributed by atoms with Gasteiger partial charge in [0.05, 0.1) is 10.7 Å². The fourth-order valence-electron chi connectivity index (χ4n) is 1.66. The number of halogens is 2. The minimum absolute atomic E-state index is 0.0587. The highest BCUT2D eigenvalue weighted by atomic mass is 35.5. The van der Waals surface area contributed by atoms with Crippen LogP contribution in [0.1, 0.15) is 5.69 Å². The molecule has 0 unspecified atom stereocenters. The van der Waals surface area contributed by atoms with Gasteiger partial charge in [-0.3, -0.25) is 13.9 Å². The molecule has 0 saturated heterocycles. The first-order valence-corrected chi connectivity index (χ1v) is 6.49. The van der Waals surface area contributed by atoms with E-state index in [0.717, 1.165) is 4.57 Å². The van der Waals surface area contributed by atoms with Crippen LogP contribution in [0.5, 0.6) is 5.75 Å². The zero-order valence-corrected chi connectivity index (χ0v) is 12.4. The molecule has 1 heterocycles. The van der Waals surface area contributed by atoms with Crippen molar-refractivity contribution >= 4 is 23.2 Å². The number of hydrogen-bond acceptors (Lipinski definition) is 3. The van der Waals surface area contributed by atoms with Crippen LogP contribution in [0.4, 0.5) is 0 Å². The van der Waals surface area contributed by atoms with Gasteiger partial charge in [-0.1, -0.05) is 23.2 Å². The van der Waals surface area contributed by atoms with Crippen molar-refractivity contribution in [3.05, 3.63) is 60.8 Å². The molecule has 0 radical (unpaired) electrons. The summed E-state index contributed by atoms with van der Waals surface area (Å²) in [4.78, 5) is 23.3. The lowest BCUT2D eigenvalue weighted by Crippen LogP contribution is -2.38. The second-order valence-corrected chi connectivity index (χ2v) is 5.08. The van der Waals surface area contributed by atoms with Crippen molar-refractivity contribution in [3.8, 4) is 5.75 Å². The second-order valence-electron chi connectivity index (χ2n) is 4.24. The second kappa shape index (κ2) is 5.73. The highest BCUT2D eigenvalue weighted by Gasteiger charge is 2.08. The molecule has 0 spiro atoms. The van der Waals surface area contributed by atoms with Gasteiger partial charge in [0.2, 0.25) is 0 Å². The van der Waals surface area contributed by atoms with Crippen molar-refractivity contribution < 1.29 is 4.74 Å². The Hall–Kier alpha value is -1.72. The van der Waals surface area contributed by atoms with Gasteiger partial charge in [-0.2, -0.15) is 0 Å². The smallest absolute Gasteiger partial charge is 0.330 e. The van der Waals surface area contributed by atoms with E-state index < -0.39 is 5.69 Å². The van der Waals surface area contributed by atoms with Crippen LogP contribution in [0.3, 0.4) is 0 Å². The van der Waals surface area contributed by atoms with Gasteiger partial charge in [-0.05, 0) is 18.2 Å². The summed E-state index contributed by atoms with van der Waals surface area (Å²) < 4.78 is 7.89. The SMILES string of the molecule is Cn1c(COc2ccc(Cl)cc2Cl)cc(=O)n(C)c1=O. The molecular formula is C13H12Cl2N2O3. The Bertz CT molecular complexity index is 765. The van der Waals surface area contributed by atoms with Crippen LogP contribution in [0, 0.1) is 0 Å². The molecule has 5 nitrogen and oxygen atoms in total. The molecule has 2 aromatic rings. The summed E-state index contributed by atoms with van der Waals surface area (Å²) in [6, 6.07) is 6.18. The number of nitrogens with zero attached hydrogens (tertiary/aromatic N) is 2. The minimum atomic E-state index is -0.404. The summed E-state index contributed by atoms with van der Waals surface area (Å²) in [5.41, 5.74) is -0.323. The number of benzene rings is 1. The molecule has 0 saturated carbocycles. The maximum Gasteiger partial charge on any atom is 0.330 e. The van der Waals surface area contributed by atoms with Crippen LogP contribution in [0.25, 0.3) is 0 Å². The van der Waals surface area contributed by atoms with E-state index in [2.05, 4.69) is 0 Å². The number of aromatic nitrogens is 2. The topological polar surface area (TPSA) is 53.2 Å². The molecule has 0 atom stereocenters. The van der Waals surface area contributed by atoms with E-state index in [9.17, 15) is 9.59 Å². The zero-order chi connectivity index (χ0) is 14.9. The predicted octanol–water partition coefficient (Wildman–Crippen LogP) is 1.97. The van der Waals surface area contributed by atoms with Crippen LogP contribution in [-0.2, 0) is 20.7 Å². The van der Waals surface area contributed by atoms with E-state index in [4.69, 9.17) is 27.9 Å². The Morgan fingerprint density at radius 3 is 2.45 bits per heavy atom. The molecule has 1 aromatic carbocycles. The van der Waals surface area contributed by atoms with E-state index >= 15 is 0 Å². The third-order valence-corrected chi connectivity index (χ3v) is 3.43. The van der Waals surface area contributed by atoms with Crippen molar-refractivity contribution in [1.29, 1.82) is 0 Å². The minimum Gasteiger partial charge on any atom is -0.486 e. The van der Waals surface area contributed by atoms with Gasteiger partial charge in [-0.25, -0.2) is 4.79 Å². The highest BCUT2D eigenvalue weighted by Crippen LogP contribution is 2.27. The number of hydrogen-bond donors (Lipinski definition) is 0. The van der Waals surface area contributed by atoms with E-state index in [0.29, 0.717) is 21.5 Å². The van der Waals surface area contributed by atoms with Gasteiger partial charge >= 0.3 is 5.69 Å². The molecule has 20 heavy (non-hydrogen) atoms. The summed E-state index contributed by atoms with van der Waals surface area (Å²) >= 11 is 11.8. The van der Waals surface area contributed by atoms with Crippen molar-refractivity contribution in [2.24, 2.45) is 14.1 Å². The van der Waals surface area contributed by atoms with Crippen LogP contribution in [-0.4, -0.2) is 9.13 Å². The first kappa shape index (κ1) is 14.7. The molecule has 0 aliphatic rings. The van der Waals surface area contributed by atoms with Gasteiger partial charge in [0.15, 0.2) is 0 Å². The fraction of sp³-hybridized carbons (Fsp3) is 0.231. The van der Waals surface area contributed by atoms with Crippen LogP contribution in [0.2, 0.25) is 10.0 Å². The summed E-state index contributed by atoms with van der Waals surface area (Å²) in [5.74, 6) is 0.434. The Balaban J connectivity index is 2.28. The summed E-state index contributed by atoms with van der Waals surface area (Å²) in [6.45, 7) is 0.0587. The van der Waals surface area contributed by atoms with Crippen molar-refractivity contribution in [3.63, 3.8) is 0 Å². The zero-order valence-electron chi connectivity index (χ0n) is 10.9. The third-order valence-electron chi connectivity index (χ3n) is 2.89. The third kappa shape index (κ3) is 2.89. The Morgan fingerprint density at radius 2 is 1.80 bits per heavy atom. The lowest BCUT2D eigenvalue weighted by atomic mass is 10.3. The molecule has 1 aromatic heterocycles. The molecule has 0 fully saturated rings. The molecule has 0 aliphatic carbocycles. The van der Waals surface area contributed by atoms with Gasteiger partial charge in [0.25, 0.3) is 5.56 Å². The fourth-order valence-corrected chi connectivity index (χ4v) is 2.12. The Morgan fingerprint density at radius 1 is 1.10 bits per heavy atom. The van der Waals surface area contributed by atoms with Gasteiger partial charge in [0.1, 0.15) is 12.4 Å². The Kier molecular flexibility index (Phi) is 4.20.